The van der Waals surface area contributed by atoms with E-state index < -0.39 is 0 Å². The Balaban J connectivity index is 1.86. The first-order valence-corrected chi connectivity index (χ1v) is 9.07. The molecule has 19 heavy (non-hydrogen) atoms. The standard InChI is InChI=1S/C16H24BrNS/c1-12(2)18-10-14-7-8-15(9-16(14)17)19-11-13-5-3-4-6-13/h7-9,12-13,18H,3-6,10-11H2,1-2H3. The van der Waals surface area contributed by atoms with Crippen LogP contribution in [0.15, 0.2) is 27.6 Å². The minimum Gasteiger partial charge on any atom is -0.310 e. The first-order chi connectivity index (χ1) is 9.15. The fourth-order valence-corrected chi connectivity index (χ4v) is 4.26. The SMILES string of the molecule is CC(C)NCc1ccc(SCC2CCCC2)cc1Br. The highest BCUT2D eigenvalue weighted by molar-refractivity contribution is 9.10. The van der Waals surface area contributed by atoms with Crippen molar-refractivity contribution >= 4 is 27.7 Å². The molecule has 0 spiro atoms. The van der Waals surface area contributed by atoms with Gasteiger partial charge in [0.05, 0.1) is 0 Å². The van der Waals surface area contributed by atoms with Crippen LogP contribution in [0.1, 0.15) is 45.1 Å². The molecule has 1 aliphatic rings. The Bertz CT molecular complexity index is 400. The molecule has 0 bridgehead atoms. The quantitative estimate of drug-likeness (QED) is 0.711. The van der Waals surface area contributed by atoms with E-state index in [1.165, 1.54) is 46.4 Å². The summed E-state index contributed by atoms with van der Waals surface area (Å²) in [5, 5.41) is 3.46. The Labute approximate surface area is 130 Å². The summed E-state index contributed by atoms with van der Waals surface area (Å²) in [6.45, 7) is 5.30. The van der Waals surface area contributed by atoms with Gasteiger partial charge in [-0.3, -0.25) is 0 Å². The molecule has 1 saturated carbocycles. The predicted molar refractivity (Wildman–Crippen MR) is 88.8 cm³/mol. The lowest BCUT2D eigenvalue weighted by atomic mass is 10.1. The number of hydrogen-bond acceptors (Lipinski definition) is 2. The summed E-state index contributed by atoms with van der Waals surface area (Å²) >= 11 is 5.71. The molecule has 1 nitrogen and oxygen atoms in total. The van der Waals surface area contributed by atoms with Gasteiger partial charge < -0.3 is 5.32 Å². The van der Waals surface area contributed by atoms with Gasteiger partial charge in [0.25, 0.3) is 0 Å². The second kappa shape index (κ2) is 7.70. The smallest absolute Gasteiger partial charge is 0.0231 e. The van der Waals surface area contributed by atoms with Crippen molar-refractivity contribution in [3.05, 3.63) is 28.2 Å². The van der Waals surface area contributed by atoms with E-state index in [1.807, 2.05) is 11.8 Å². The molecule has 1 aromatic rings. The zero-order chi connectivity index (χ0) is 13.7. The summed E-state index contributed by atoms with van der Waals surface area (Å²) in [6, 6.07) is 7.32. The van der Waals surface area contributed by atoms with Crippen molar-refractivity contribution in [2.45, 2.75) is 57.0 Å². The highest BCUT2D eigenvalue weighted by atomic mass is 79.9. The van der Waals surface area contributed by atoms with Crippen LogP contribution in [0.4, 0.5) is 0 Å². The van der Waals surface area contributed by atoms with E-state index in [0.29, 0.717) is 6.04 Å². The maximum atomic E-state index is 3.70. The average molecular weight is 342 g/mol. The van der Waals surface area contributed by atoms with E-state index in [-0.39, 0.29) is 0 Å². The zero-order valence-corrected chi connectivity index (χ0v) is 14.3. The van der Waals surface area contributed by atoms with Crippen molar-refractivity contribution in [2.24, 2.45) is 5.92 Å². The fraction of sp³-hybridized carbons (Fsp3) is 0.625. The highest BCUT2D eigenvalue weighted by Gasteiger charge is 2.15. The number of thioether (sulfide) groups is 1. The molecule has 1 N–H and O–H groups in total. The molecule has 1 fully saturated rings. The molecule has 0 amide bonds. The summed E-state index contributed by atoms with van der Waals surface area (Å²) in [5.74, 6) is 2.24. The van der Waals surface area contributed by atoms with Gasteiger partial charge in [-0.1, -0.05) is 48.7 Å². The van der Waals surface area contributed by atoms with Crippen LogP contribution in [0.25, 0.3) is 0 Å². The number of rotatable bonds is 6. The Morgan fingerprint density at radius 2 is 2.05 bits per heavy atom. The molecule has 106 valence electrons. The molecule has 1 aliphatic carbocycles. The first kappa shape index (κ1) is 15.4. The summed E-state index contributed by atoms with van der Waals surface area (Å²) < 4.78 is 1.23. The summed E-state index contributed by atoms with van der Waals surface area (Å²) in [7, 11) is 0. The van der Waals surface area contributed by atoms with Crippen molar-refractivity contribution in [1.82, 2.24) is 5.32 Å². The van der Waals surface area contributed by atoms with Gasteiger partial charge in [0.1, 0.15) is 0 Å². The lowest BCUT2D eigenvalue weighted by molar-refractivity contribution is 0.587. The minimum absolute atomic E-state index is 0.531. The third-order valence-corrected chi connectivity index (χ3v) is 5.65. The van der Waals surface area contributed by atoms with E-state index in [9.17, 15) is 0 Å². The molecule has 0 heterocycles. The number of nitrogens with one attached hydrogen (secondary N) is 1. The maximum absolute atomic E-state index is 3.70. The van der Waals surface area contributed by atoms with Gasteiger partial charge in [-0.2, -0.15) is 0 Å². The van der Waals surface area contributed by atoms with Crippen LogP contribution in [0, 0.1) is 5.92 Å². The maximum Gasteiger partial charge on any atom is 0.0231 e. The van der Waals surface area contributed by atoms with Crippen LogP contribution in [0.3, 0.4) is 0 Å². The van der Waals surface area contributed by atoms with E-state index in [0.717, 1.165) is 12.5 Å². The molecule has 0 aliphatic heterocycles. The normalized spacial score (nSPS) is 16.4. The van der Waals surface area contributed by atoms with Crippen molar-refractivity contribution in [3.8, 4) is 0 Å². The Hall–Kier alpha value is 0.01000. The molecule has 0 aromatic heterocycles. The van der Waals surface area contributed by atoms with Crippen molar-refractivity contribution < 1.29 is 0 Å². The van der Waals surface area contributed by atoms with Crippen LogP contribution < -0.4 is 5.32 Å². The second-order valence-corrected chi connectivity index (χ2v) is 7.70. The lowest BCUT2D eigenvalue weighted by Gasteiger charge is -2.12. The third-order valence-electron chi connectivity index (χ3n) is 3.69. The number of benzene rings is 1. The molecule has 0 atom stereocenters. The largest absolute Gasteiger partial charge is 0.310 e. The molecule has 0 saturated heterocycles. The Morgan fingerprint density at radius 3 is 2.68 bits per heavy atom. The summed E-state index contributed by atoms with van der Waals surface area (Å²) in [4.78, 5) is 1.40. The summed E-state index contributed by atoms with van der Waals surface area (Å²) in [6.07, 6.45) is 5.75. The van der Waals surface area contributed by atoms with Crippen LogP contribution in [-0.4, -0.2) is 11.8 Å². The molecular weight excluding hydrogens is 318 g/mol. The van der Waals surface area contributed by atoms with Crippen LogP contribution in [0.5, 0.6) is 0 Å². The van der Waals surface area contributed by atoms with E-state index in [2.05, 4.69) is 53.3 Å². The topological polar surface area (TPSA) is 12.0 Å². The molecule has 0 unspecified atom stereocenters. The van der Waals surface area contributed by atoms with Crippen LogP contribution >= 0.6 is 27.7 Å². The van der Waals surface area contributed by atoms with Crippen LogP contribution in [0.2, 0.25) is 0 Å². The average Bonchev–Trinajstić information content (AvgIpc) is 2.88. The Morgan fingerprint density at radius 1 is 1.32 bits per heavy atom. The Kier molecular flexibility index (Phi) is 6.24. The van der Waals surface area contributed by atoms with Crippen molar-refractivity contribution in [3.63, 3.8) is 0 Å². The third kappa shape index (κ3) is 5.13. The van der Waals surface area contributed by atoms with Crippen molar-refractivity contribution in [1.29, 1.82) is 0 Å². The molecule has 2 rings (SSSR count). The fourth-order valence-electron chi connectivity index (χ4n) is 2.47. The summed E-state index contributed by atoms with van der Waals surface area (Å²) in [5.41, 5.74) is 1.35. The second-order valence-electron chi connectivity index (χ2n) is 5.75. The van der Waals surface area contributed by atoms with Gasteiger partial charge in [-0.15, -0.1) is 11.8 Å². The van der Waals surface area contributed by atoms with Gasteiger partial charge in [0.2, 0.25) is 0 Å². The van der Waals surface area contributed by atoms with Gasteiger partial charge in [-0.25, -0.2) is 0 Å². The van der Waals surface area contributed by atoms with Crippen LogP contribution in [-0.2, 0) is 6.54 Å². The van der Waals surface area contributed by atoms with Gasteiger partial charge >= 0.3 is 0 Å². The molecular formula is C16H24BrNS. The zero-order valence-electron chi connectivity index (χ0n) is 11.9. The van der Waals surface area contributed by atoms with Gasteiger partial charge in [0, 0.05) is 27.7 Å². The van der Waals surface area contributed by atoms with Crippen molar-refractivity contribution in [2.75, 3.05) is 5.75 Å². The molecule has 0 radical (unpaired) electrons. The first-order valence-electron chi connectivity index (χ1n) is 7.30. The predicted octanol–water partition coefficient (Wildman–Crippen LogP) is 5.23. The van der Waals surface area contributed by atoms with E-state index >= 15 is 0 Å². The van der Waals surface area contributed by atoms with Gasteiger partial charge in [-0.05, 0) is 36.5 Å². The lowest BCUT2D eigenvalue weighted by Crippen LogP contribution is -2.21. The number of halogens is 1. The monoisotopic (exact) mass is 341 g/mol. The van der Waals surface area contributed by atoms with E-state index in [4.69, 9.17) is 0 Å². The number of hydrogen-bond donors (Lipinski definition) is 1. The van der Waals surface area contributed by atoms with E-state index in [1.54, 1.807) is 0 Å². The van der Waals surface area contributed by atoms with Gasteiger partial charge in [0.15, 0.2) is 0 Å². The highest BCUT2D eigenvalue weighted by Crippen LogP contribution is 2.32. The molecule has 1 aromatic carbocycles. The minimum atomic E-state index is 0.531. The molecule has 3 heteroatoms.